The van der Waals surface area contributed by atoms with Crippen molar-refractivity contribution in [3.63, 3.8) is 0 Å². The molecule has 146 valence electrons. The van der Waals surface area contributed by atoms with Gasteiger partial charge in [-0.3, -0.25) is 9.59 Å². The van der Waals surface area contributed by atoms with Crippen molar-refractivity contribution in [1.82, 2.24) is 0 Å². The number of furan rings is 2. The Kier molecular flexibility index (Phi) is 4.14. The zero-order valence-corrected chi connectivity index (χ0v) is 16.6. The van der Waals surface area contributed by atoms with Gasteiger partial charge in [0.2, 0.25) is 0 Å². The Morgan fingerprint density at radius 2 is 1.43 bits per heavy atom. The topological polar surface area (TPSA) is 60.4 Å². The predicted octanol–water partition coefficient (Wildman–Crippen LogP) is 6.59. The molecule has 0 saturated carbocycles. The van der Waals surface area contributed by atoms with Crippen LogP contribution in [0.3, 0.4) is 0 Å². The Balaban J connectivity index is 1.90. The molecule has 0 unspecified atom stereocenters. The first-order chi connectivity index (χ1) is 14.5. The third-order valence-electron chi connectivity index (χ3n) is 5.24. The molecule has 0 atom stereocenters. The van der Waals surface area contributed by atoms with E-state index in [4.69, 9.17) is 8.83 Å². The minimum Gasteiger partial charge on any atom is -0.460 e. The van der Waals surface area contributed by atoms with Crippen LogP contribution in [0.25, 0.3) is 33.1 Å². The molecule has 3 aromatic carbocycles. The SMILES string of the molecule is CC(=O)c1oc2c(cc(C(=O)c3ccccc3)c3oc(C)cc32)c1-c1ccccc1. The fourth-order valence-electron chi connectivity index (χ4n) is 3.93. The van der Waals surface area contributed by atoms with Crippen molar-refractivity contribution in [3.05, 3.63) is 95.4 Å². The standard InChI is InChI=1S/C26H18O4/c1-15-13-21-25-19(22(24(30-25)16(2)27)17-9-5-3-6-10-17)14-20(26(21)29-15)23(28)18-11-7-4-8-12-18/h3-14H,1-2H3. The highest BCUT2D eigenvalue weighted by Gasteiger charge is 2.26. The maximum Gasteiger partial charge on any atom is 0.196 e. The second-order valence-corrected chi connectivity index (χ2v) is 7.32. The molecule has 0 fully saturated rings. The van der Waals surface area contributed by atoms with Gasteiger partial charge in [-0.05, 0) is 24.6 Å². The molecule has 0 saturated heterocycles. The summed E-state index contributed by atoms with van der Waals surface area (Å²) in [6, 6.07) is 22.3. The number of fused-ring (bicyclic) bond motifs is 3. The molecule has 4 nitrogen and oxygen atoms in total. The fraction of sp³-hybridized carbons (Fsp3) is 0.0769. The average Bonchev–Trinajstić information content (AvgIpc) is 3.34. The van der Waals surface area contributed by atoms with Crippen LogP contribution in [0, 0.1) is 6.92 Å². The molecular weight excluding hydrogens is 376 g/mol. The first-order valence-corrected chi connectivity index (χ1v) is 9.70. The van der Waals surface area contributed by atoms with Gasteiger partial charge in [0, 0.05) is 23.4 Å². The predicted molar refractivity (Wildman–Crippen MR) is 116 cm³/mol. The molecular formula is C26H18O4. The molecule has 0 aliphatic heterocycles. The van der Waals surface area contributed by atoms with E-state index < -0.39 is 0 Å². The minimum atomic E-state index is -0.172. The highest BCUT2D eigenvalue weighted by Crippen LogP contribution is 2.41. The Morgan fingerprint density at radius 1 is 0.767 bits per heavy atom. The van der Waals surface area contributed by atoms with Crippen LogP contribution in [0.1, 0.15) is 39.2 Å². The third-order valence-corrected chi connectivity index (χ3v) is 5.24. The van der Waals surface area contributed by atoms with Gasteiger partial charge in [0.15, 0.2) is 17.3 Å². The number of aryl methyl sites for hydroxylation is 1. The van der Waals surface area contributed by atoms with E-state index in [1.54, 1.807) is 18.2 Å². The molecule has 0 N–H and O–H groups in total. The van der Waals surface area contributed by atoms with Crippen LogP contribution in [0.2, 0.25) is 0 Å². The van der Waals surface area contributed by atoms with Crippen molar-refractivity contribution in [1.29, 1.82) is 0 Å². The van der Waals surface area contributed by atoms with Gasteiger partial charge in [-0.25, -0.2) is 0 Å². The summed E-state index contributed by atoms with van der Waals surface area (Å²) in [5.74, 6) is 0.637. The van der Waals surface area contributed by atoms with Crippen molar-refractivity contribution in [3.8, 4) is 11.1 Å². The molecule has 0 bridgehead atoms. The van der Waals surface area contributed by atoms with Gasteiger partial charge in [-0.15, -0.1) is 0 Å². The third kappa shape index (κ3) is 2.77. The fourth-order valence-corrected chi connectivity index (χ4v) is 3.93. The second-order valence-electron chi connectivity index (χ2n) is 7.32. The van der Waals surface area contributed by atoms with E-state index in [1.807, 2.05) is 61.5 Å². The maximum atomic E-state index is 13.3. The normalized spacial score (nSPS) is 11.3. The summed E-state index contributed by atoms with van der Waals surface area (Å²) in [6.45, 7) is 3.31. The summed E-state index contributed by atoms with van der Waals surface area (Å²) in [6.07, 6.45) is 0. The van der Waals surface area contributed by atoms with Gasteiger partial charge >= 0.3 is 0 Å². The first-order valence-electron chi connectivity index (χ1n) is 9.70. The number of Topliss-reactive ketones (excluding diaryl/α,β-unsaturated/α-hetero) is 1. The van der Waals surface area contributed by atoms with Crippen LogP contribution in [-0.4, -0.2) is 11.6 Å². The first kappa shape index (κ1) is 18.1. The quantitative estimate of drug-likeness (QED) is 0.323. The molecule has 30 heavy (non-hydrogen) atoms. The lowest BCUT2D eigenvalue weighted by Gasteiger charge is -2.05. The Hall–Kier alpha value is -3.92. The number of ketones is 2. The monoisotopic (exact) mass is 394 g/mol. The van der Waals surface area contributed by atoms with E-state index in [-0.39, 0.29) is 17.3 Å². The smallest absolute Gasteiger partial charge is 0.196 e. The average molecular weight is 394 g/mol. The molecule has 5 aromatic rings. The largest absolute Gasteiger partial charge is 0.460 e. The minimum absolute atomic E-state index is 0.138. The lowest BCUT2D eigenvalue weighted by Crippen LogP contribution is -2.01. The van der Waals surface area contributed by atoms with E-state index >= 15 is 0 Å². The van der Waals surface area contributed by atoms with E-state index in [0.717, 1.165) is 10.9 Å². The molecule has 0 radical (unpaired) electrons. The molecule has 2 heterocycles. The lowest BCUT2D eigenvalue weighted by atomic mass is 9.95. The highest BCUT2D eigenvalue weighted by atomic mass is 16.4. The van der Waals surface area contributed by atoms with Crippen LogP contribution in [0.4, 0.5) is 0 Å². The zero-order chi connectivity index (χ0) is 20.8. The summed E-state index contributed by atoms with van der Waals surface area (Å²) in [4.78, 5) is 25.8. The van der Waals surface area contributed by atoms with Gasteiger partial charge in [0.05, 0.1) is 10.9 Å². The van der Waals surface area contributed by atoms with E-state index in [9.17, 15) is 9.59 Å². The summed E-state index contributed by atoms with van der Waals surface area (Å²) in [5, 5.41) is 1.41. The van der Waals surface area contributed by atoms with Gasteiger partial charge in [-0.2, -0.15) is 0 Å². The summed E-state index contributed by atoms with van der Waals surface area (Å²) in [5.41, 5.74) is 3.60. The van der Waals surface area contributed by atoms with Gasteiger partial charge in [0.1, 0.15) is 16.9 Å². The second kappa shape index (κ2) is 6.85. The van der Waals surface area contributed by atoms with Crippen molar-refractivity contribution >= 4 is 33.5 Å². The Labute approximate surface area is 172 Å². The van der Waals surface area contributed by atoms with Crippen LogP contribution in [0.15, 0.2) is 81.6 Å². The zero-order valence-electron chi connectivity index (χ0n) is 16.6. The summed E-state index contributed by atoms with van der Waals surface area (Å²) in [7, 11) is 0. The van der Waals surface area contributed by atoms with E-state index in [2.05, 4.69) is 0 Å². The van der Waals surface area contributed by atoms with Gasteiger partial charge in [0.25, 0.3) is 0 Å². The lowest BCUT2D eigenvalue weighted by molar-refractivity contribution is 0.0989. The van der Waals surface area contributed by atoms with Crippen molar-refractivity contribution in [2.75, 3.05) is 0 Å². The molecule has 2 aromatic heterocycles. The Bertz CT molecular complexity index is 1420. The van der Waals surface area contributed by atoms with E-state index in [1.165, 1.54) is 6.92 Å². The number of carbonyl (C=O) groups excluding carboxylic acids is 2. The number of hydrogen-bond acceptors (Lipinski definition) is 4. The molecule has 5 rings (SSSR count). The van der Waals surface area contributed by atoms with Crippen molar-refractivity contribution in [2.45, 2.75) is 13.8 Å². The van der Waals surface area contributed by atoms with Crippen LogP contribution in [0.5, 0.6) is 0 Å². The molecule has 4 heteroatoms. The Morgan fingerprint density at radius 3 is 2.10 bits per heavy atom. The number of benzene rings is 3. The number of hydrogen-bond donors (Lipinski definition) is 0. The van der Waals surface area contributed by atoms with Crippen LogP contribution >= 0.6 is 0 Å². The van der Waals surface area contributed by atoms with Gasteiger partial charge in [-0.1, -0.05) is 60.7 Å². The maximum absolute atomic E-state index is 13.3. The molecule has 0 aliphatic rings. The van der Waals surface area contributed by atoms with Crippen LogP contribution < -0.4 is 0 Å². The van der Waals surface area contributed by atoms with Crippen molar-refractivity contribution < 1.29 is 18.4 Å². The molecule has 0 aliphatic carbocycles. The molecule has 0 spiro atoms. The molecule has 0 amide bonds. The highest BCUT2D eigenvalue weighted by molar-refractivity contribution is 6.22. The van der Waals surface area contributed by atoms with E-state index in [0.29, 0.717) is 39.0 Å². The van der Waals surface area contributed by atoms with Crippen LogP contribution in [-0.2, 0) is 0 Å². The summed E-state index contributed by atoms with van der Waals surface area (Å²) >= 11 is 0. The van der Waals surface area contributed by atoms with Gasteiger partial charge < -0.3 is 8.83 Å². The summed E-state index contributed by atoms with van der Waals surface area (Å²) < 4.78 is 12.0. The number of carbonyl (C=O) groups is 2. The van der Waals surface area contributed by atoms with Crippen molar-refractivity contribution in [2.24, 2.45) is 0 Å². The number of rotatable bonds is 4.